The maximum Gasteiger partial charge on any atom is 0.258 e. The molecule has 1 unspecified atom stereocenters. The number of thiophene rings is 1. The van der Waals surface area contributed by atoms with Crippen molar-refractivity contribution in [1.29, 1.82) is 0 Å². The van der Waals surface area contributed by atoms with E-state index < -0.39 is 0 Å². The van der Waals surface area contributed by atoms with Gasteiger partial charge in [-0.3, -0.25) is 4.79 Å². The van der Waals surface area contributed by atoms with Gasteiger partial charge in [-0.1, -0.05) is 18.2 Å². The molecule has 0 aliphatic carbocycles. The Balaban J connectivity index is 1.91. The quantitative estimate of drug-likeness (QED) is 0.800. The van der Waals surface area contributed by atoms with E-state index in [1.165, 1.54) is 5.01 Å². The third kappa shape index (κ3) is 2.87. The van der Waals surface area contributed by atoms with Crippen LogP contribution in [0.3, 0.4) is 0 Å². The van der Waals surface area contributed by atoms with E-state index in [4.69, 9.17) is 16.3 Å². The maximum atomic E-state index is 12.1. The normalized spacial score (nSPS) is 17.5. The van der Waals surface area contributed by atoms with Crippen molar-refractivity contribution in [2.75, 3.05) is 13.0 Å². The number of halogens is 1. The summed E-state index contributed by atoms with van der Waals surface area (Å²) in [6.07, 6.45) is 0.690. The van der Waals surface area contributed by atoms with E-state index >= 15 is 0 Å². The molecule has 3 rings (SSSR count). The van der Waals surface area contributed by atoms with E-state index in [-0.39, 0.29) is 17.8 Å². The predicted molar refractivity (Wildman–Crippen MR) is 88.8 cm³/mol. The number of methoxy groups -OCH3 is 1. The SMILES string of the molecule is COc1ccc(C2CC(c3cccs3)=NN2C(=O)CCl)cc1. The fraction of sp³-hybridized carbons (Fsp3) is 0.250. The molecule has 1 aliphatic heterocycles. The van der Waals surface area contributed by atoms with Gasteiger partial charge in [0, 0.05) is 6.42 Å². The third-order valence-electron chi connectivity index (χ3n) is 3.59. The second kappa shape index (κ2) is 6.50. The zero-order chi connectivity index (χ0) is 15.5. The lowest BCUT2D eigenvalue weighted by Gasteiger charge is -2.21. The largest absolute Gasteiger partial charge is 0.497 e. The standard InChI is InChI=1S/C16H15ClN2O2S/c1-21-12-6-4-11(5-7-12)14-9-13(15-3-2-8-22-15)18-19(14)16(20)10-17/h2-8,14H,9-10H2,1H3. The van der Waals surface area contributed by atoms with Crippen LogP contribution in [-0.4, -0.2) is 29.6 Å². The van der Waals surface area contributed by atoms with Gasteiger partial charge in [0.1, 0.15) is 11.6 Å². The smallest absolute Gasteiger partial charge is 0.258 e. The van der Waals surface area contributed by atoms with Crippen LogP contribution in [0.2, 0.25) is 0 Å². The summed E-state index contributed by atoms with van der Waals surface area (Å²) in [6.45, 7) is 0. The average molecular weight is 335 g/mol. The highest BCUT2D eigenvalue weighted by Crippen LogP contribution is 2.34. The Morgan fingerprint density at radius 1 is 1.41 bits per heavy atom. The minimum Gasteiger partial charge on any atom is -0.497 e. The average Bonchev–Trinajstić information content (AvgIpc) is 3.23. The molecule has 1 atom stereocenters. The van der Waals surface area contributed by atoms with Gasteiger partial charge in [-0.05, 0) is 29.1 Å². The summed E-state index contributed by atoms with van der Waals surface area (Å²) < 4.78 is 5.18. The Hall–Kier alpha value is -1.85. The van der Waals surface area contributed by atoms with E-state index in [0.29, 0.717) is 6.42 Å². The van der Waals surface area contributed by atoms with Gasteiger partial charge >= 0.3 is 0 Å². The number of ether oxygens (including phenoxy) is 1. The fourth-order valence-electron chi connectivity index (χ4n) is 2.48. The van der Waals surface area contributed by atoms with Crippen LogP contribution in [-0.2, 0) is 4.79 Å². The topological polar surface area (TPSA) is 41.9 Å². The maximum absolute atomic E-state index is 12.1. The zero-order valence-corrected chi connectivity index (χ0v) is 13.6. The number of hydrazone groups is 1. The molecule has 0 bridgehead atoms. The van der Waals surface area contributed by atoms with Crippen LogP contribution in [0.15, 0.2) is 46.9 Å². The van der Waals surface area contributed by atoms with Crippen molar-refractivity contribution in [3.8, 4) is 5.75 Å². The summed E-state index contributed by atoms with van der Waals surface area (Å²) in [5.74, 6) is 0.527. The van der Waals surface area contributed by atoms with E-state index in [1.54, 1.807) is 18.4 Å². The van der Waals surface area contributed by atoms with Gasteiger partial charge in [0.2, 0.25) is 0 Å². The minimum absolute atomic E-state index is 0.0755. The molecule has 0 spiro atoms. The molecule has 22 heavy (non-hydrogen) atoms. The molecule has 1 aromatic heterocycles. The Morgan fingerprint density at radius 2 is 2.18 bits per heavy atom. The summed E-state index contributed by atoms with van der Waals surface area (Å²) in [4.78, 5) is 13.2. The minimum atomic E-state index is -0.186. The Kier molecular flexibility index (Phi) is 4.45. The highest BCUT2D eigenvalue weighted by atomic mass is 35.5. The highest BCUT2D eigenvalue weighted by molar-refractivity contribution is 7.12. The number of amides is 1. The molecule has 0 fully saturated rings. The van der Waals surface area contributed by atoms with Gasteiger partial charge in [-0.15, -0.1) is 22.9 Å². The van der Waals surface area contributed by atoms with E-state index in [1.807, 2.05) is 41.8 Å². The number of hydrogen-bond donors (Lipinski definition) is 0. The molecule has 0 saturated carbocycles. The number of alkyl halides is 1. The van der Waals surface area contributed by atoms with Crippen LogP contribution >= 0.6 is 22.9 Å². The van der Waals surface area contributed by atoms with Crippen molar-refractivity contribution in [3.63, 3.8) is 0 Å². The third-order valence-corrected chi connectivity index (χ3v) is 4.73. The molecule has 0 N–H and O–H groups in total. The zero-order valence-electron chi connectivity index (χ0n) is 12.0. The summed E-state index contributed by atoms with van der Waals surface area (Å²) in [7, 11) is 1.63. The van der Waals surface area contributed by atoms with Crippen LogP contribution in [0.5, 0.6) is 5.75 Å². The molecule has 1 amide bonds. The first-order valence-corrected chi connectivity index (χ1v) is 8.27. The Labute approximate surface area is 138 Å². The molecule has 114 valence electrons. The van der Waals surface area contributed by atoms with Gasteiger partial charge in [-0.25, -0.2) is 5.01 Å². The first kappa shape index (κ1) is 15.1. The van der Waals surface area contributed by atoms with Gasteiger partial charge in [0.25, 0.3) is 5.91 Å². The number of benzene rings is 1. The first-order valence-electron chi connectivity index (χ1n) is 6.86. The summed E-state index contributed by atoms with van der Waals surface area (Å²) in [5, 5.41) is 8.01. The summed E-state index contributed by atoms with van der Waals surface area (Å²) >= 11 is 7.35. The molecule has 0 saturated heterocycles. The van der Waals surface area contributed by atoms with E-state index in [9.17, 15) is 4.79 Å². The van der Waals surface area contributed by atoms with E-state index in [0.717, 1.165) is 21.9 Å². The van der Waals surface area contributed by atoms with Crippen molar-refractivity contribution < 1.29 is 9.53 Å². The second-order valence-corrected chi connectivity index (χ2v) is 6.10. The molecule has 1 aliphatic rings. The van der Waals surface area contributed by atoms with Crippen molar-refractivity contribution in [1.82, 2.24) is 5.01 Å². The molecule has 6 heteroatoms. The van der Waals surface area contributed by atoms with Crippen molar-refractivity contribution in [2.24, 2.45) is 5.10 Å². The Morgan fingerprint density at radius 3 is 2.77 bits per heavy atom. The fourth-order valence-corrected chi connectivity index (χ4v) is 3.32. The van der Waals surface area contributed by atoms with Crippen LogP contribution in [0.1, 0.15) is 22.9 Å². The van der Waals surface area contributed by atoms with Crippen LogP contribution < -0.4 is 4.74 Å². The van der Waals surface area contributed by atoms with E-state index in [2.05, 4.69) is 5.10 Å². The second-order valence-electron chi connectivity index (χ2n) is 4.89. The molecule has 2 heterocycles. The predicted octanol–water partition coefficient (Wildman–Crippen LogP) is 3.67. The van der Waals surface area contributed by atoms with Gasteiger partial charge < -0.3 is 4.74 Å². The number of hydrogen-bond acceptors (Lipinski definition) is 4. The van der Waals surface area contributed by atoms with Gasteiger partial charge in [0.05, 0.1) is 23.7 Å². The highest BCUT2D eigenvalue weighted by Gasteiger charge is 2.32. The molecular formula is C16H15ClN2O2S. The molecule has 4 nitrogen and oxygen atoms in total. The van der Waals surface area contributed by atoms with Crippen LogP contribution in [0, 0.1) is 0 Å². The number of carbonyl (C=O) groups is 1. The monoisotopic (exact) mass is 334 g/mol. The van der Waals surface area contributed by atoms with Gasteiger partial charge in [0.15, 0.2) is 0 Å². The molecule has 1 aromatic carbocycles. The summed E-state index contributed by atoms with van der Waals surface area (Å²) in [5.41, 5.74) is 1.95. The lowest BCUT2D eigenvalue weighted by atomic mass is 10.0. The number of nitrogens with zero attached hydrogens (tertiary/aromatic N) is 2. The number of carbonyl (C=O) groups excluding carboxylic acids is 1. The van der Waals surface area contributed by atoms with Crippen LogP contribution in [0.4, 0.5) is 0 Å². The van der Waals surface area contributed by atoms with Crippen molar-refractivity contribution in [2.45, 2.75) is 12.5 Å². The first-order chi connectivity index (χ1) is 10.7. The number of rotatable bonds is 4. The molecule has 0 radical (unpaired) electrons. The Bertz CT molecular complexity index is 683. The summed E-state index contributed by atoms with van der Waals surface area (Å²) in [6, 6.07) is 11.6. The van der Waals surface area contributed by atoms with Crippen molar-refractivity contribution in [3.05, 3.63) is 52.2 Å². The van der Waals surface area contributed by atoms with Gasteiger partial charge in [-0.2, -0.15) is 5.10 Å². The molecule has 2 aromatic rings. The molecular weight excluding hydrogens is 320 g/mol. The lowest BCUT2D eigenvalue weighted by Crippen LogP contribution is -2.27. The van der Waals surface area contributed by atoms with Crippen LogP contribution in [0.25, 0.3) is 0 Å². The lowest BCUT2D eigenvalue weighted by molar-refractivity contribution is -0.130. The van der Waals surface area contributed by atoms with Crippen molar-refractivity contribution >= 4 is 34.6 Å².